The molecule has 0 aliphatic rings. The van der Waals surface area contributed by atoms with Crippen LogP contribution in [-0.4, -0.2) is 14.2 Å². The number of rotatable bonds is 12. The molecule has 0 amide bonds. The maximum Gasteiger partial charge on any atom is 0.175 e. The lowest BCUT2D eigenvalue weighted by atomic mass is 9.78. The van der Waals surface area contributed by atoms with E-state index < -0.39 is 0 Å². The highest BCUT2D eigenvalue weighted by Crippen LogP contribution is 2.48. The monoisotopic (exact) mass is 326 g/mol. The fourth-order valence-electron chi connectivity index (χ4n) is 3.14. The molecule has 3 heteroatoms. The van der Waals surface area contributed by atoms with Gasteiger partial charge in [-0.05, 0) is 12.8 Å². The Morgan fingerprint density at radius 3 is 2.05 bits per heavy atom. The van der Waals surface area contributed by atoms with Gasteiger partial charge in [0, 0.05) is 10.8 Å². The predicted octanol–water partition coefficient (Wildman–Crippen LogP) is 6.57. The van der Waals surface area contributed by atoms with E-state index in [0.717, 1.165) is 11.5 Å². The largest absolute Gasteiger partial charge is 0.492 e. The Kier molecular flexibility index (Phi) is 8.92. The van der Waals surface area contributed by atoms with Crippen molar-refractivity contribution in [1.82, 2.24) is 0 Å². The van der Waals surface area contributed by atoms with E-state index in [0.29, 0.717) is 0 Å². The summed E-state index contributed by atoms with van der Waals surface area (Å²) >= 11 is 1.80. The number of thiophene rings is 1. The summed E-state index contributed by atoms with van der Waals surface area (Å²) in [5, 5.41) is 2.10. The number of hydrogen-bond donors (Lipinski definition) is 0. The van der Waals surface area contributed by atoms with Gasteiger partial charge in [0.15, 0.2) is 11.5 Å². The summed E-state index contributed by atoms with van der Waals surface area (Å²) in [6.07, 6.45) is 11.7. The molecule has 0 fully saturated rings. The van der Waals surface area contributed by atoms with Crippen molar-refractivity contribution in [1.29, 1.82) is 0 Å². The van der Waals surface area contributed by atoms with E-state index in [1.54, 1.807) is 25.6 Å². The molecule has 1 unspecified atom stereocenters. The second-order valence-electron chi connectivity index (χ2n) is 6.49. The third-order valence-electron chi connectivity index (χ3n) is 4.60. The molecule has 2 nitrogen and oxygen atoms in total. The third-order valence-corrected chi connectivity index (χ3v) is 5.85. The molecule has 0 N–H and O–H groups in total. The van der Waals surface area contributed by atoms with Gasteiger partial charge in [0.25, 0.3) is 0 Å². The molecule has 0 radical (unpaired) electrons. The molecule has 1 aromatic rings. The van der Waals surface area contributed by atoms with Crippen LogP contribution in [0.2, 0.25) is 0 Å². The zero-order valence-electron chi connectivity index (χ0n) is 15.2. The molecule has 0 aliphatic heterocycles. The zero-order chi connectivity index (χ0) is 16.4. The van der Waals surface area contributed by atoms with Gasteiger partial charge in [-0.2, -0.15) is 0 Å². The molecule has 0 spiro atoms. The van der Waals surface area contributed by atoms with Crippen molar-refractivity contribution in [2.45, 2.75) is 84.0 Å². The van der Waals surface area contributed by atoms with Gasteiger partial charge in [-0.25, -0.2) is 0 Å². The minimum Gasteiger partial charge on any atom is -0.492 e. The predicted molar refractivity (Wildman–Crippen MR) is 97.7 cm³/mol. The van der Waals surface area contributed by atoms with Crippen LogP contribution in [0.5, 0.6) is 11.5 Å². The van der Waals surface area contributed by atoms with Crippen LogP contribution in [0.25, 0.3) is 0 Å². The first kappa shape index (κ1) is 19.3. The molecule has 0 saturated carbocycles. The van der Waals surface area contributed by atoms with Gasteiger partial charge in [-0.3, -0.25) is 0 Å². The lowest BCUT2D eigenvalue weighted by Crippen LogP contribution is -2.21. The number of ether oxygens (including phenoxy) is 2. The summed E-state index contributed by atoms with van der Waals surface area (Å²) in [6.45, 7) is 6.96. The van der Waals surface area contributed by atoms with Crippen molar-refractivity contribution < 1.29 is 9.47 Å². The van der Waals surface area contributed by atoms with Crippen molar-refractivity contribution in [2.75, 3.05) is 14.2 Å². The van der Waals surface area contributed by atoms with E-state index in [1.165, 1.54) is 62.7 Å². The minimum absolute atomic E-state index is 0.218. The number of unbranched alkanes of at least 4 members (excludes halogenated alkanes) is 5. The topological polar surface area (TPSA) is 18.5 Å². The molecular weight excluding hydrogens is 292 g/mol. The molecule has 0 aromatic carbocycles. The van der Waals surface area contributed by atoms with Gasteiger partial charge < -0.3 is 9.47 Å². The second kappa shape index (κ2) is 10.1. The lowest BCUT2D eigenvalue weighted by Gasteiger charge is -2.30. The average molecular weight is 327 g/mol. The van der Waals surface area contributed by atoms with E-state index in [1.807, 2.05) is 0 Å². The maximum atomic E-state index is 5.67. The molecule has 1 atom stereocenters. The van der Waals surface area contributed by atoms with Crippen LogP contribution in [0.15, 0.2) is 5.38 Å². The molecule has 0 bridgehead atoms. The van der Waals surface area contributed by atoms with Gasteiger partial charge >= 0.3 is 0 Å². The summed E-state index contributed by atoms with van der Waals surface area (Å²) in [4.78, 5) is 1.37. The molecule has 1 rings (SSSR count). The highest BCUT2D eigenvalue weighted by molar-refractivity contribution is 7.10. The summed E-state index contributed by atoms with van der Waals surface area (Å²) < 4.78 is 11.1. The first-order valence-electron chi connectivity index (χ1n) is 8.82. The minimum atomic E-state index is 0.218. The summed E-state index contributed by atoms with van der Waals surface area (Å²) in [5.41, 5.74) is 0.218. The summed E-state index contributed by atoms with van der Waals surface area (Å²) in [5.74, 6) is 1.85. The molecule has 0 aliphatic carbocycles. The summed E-state index contributed by atoms with van der Waals surface area (Å²) in [7, 11) is 3.49. The smallest absolute Gasteiger partial charge is 0.175 e. The highest BCUT2D eigenvalue weighted by Gasteiger charge is 2.32. The number of methoxy groups -OCH3 is 2. The Hall–Kier alpha value is -0.700. The van der Waals surface area contributed by atoms with Crippen molar-refractivity contribution in [3.05, 3.63) is 10.3 Å². The van der Waals surface area contributed by atoms with Gasteiger partial charge in [0.1, 0.15) is 0 Å². The van der Waals surface area contributed by atoms with Crippen LogP contribution in [0.4, 0.5) is 0 Å². The average Bonchev–Trinajstić information content (AvgIpc) is 2.95. The second-order valence-corrected chi connectivity index (χ2v) is 7.37. The van der Waals surface area contributed by atoms with E-state index in [2.05, 4.69) is 26.2 Å². The van der Waals surface area contributed by atoms with Crippen LogP contribution in [0, 0.1) is 0 Å². The van der Waals surface area contributed by atoms with E-state index in [9.17, 15) is 0 Å². The SMILES string of the molecule is CCCCCCC(C)(CCCCC)c1scc(OC)c1OC. The van der Waals surface area contributed by atoms with Crippen molar-refractivity contribution >= 4 is 11.3 Å². The first-order chi connectivity index (χ1) is 10.6. The van der Waals surface area contributed by atoms with Crippen LogP contribution in [0.3, 0.4) is 0 Å². The Balaban J connectivity index is 2.89. The van der Waals surface area contributed by atoms with E-state index in [-0.39, 0.29) is 5.41 Å². The molecule has 128 valence electrons. The molecular formula is C19H34O2S. The van der Waals surface area contributed by atoms with Gasteiger partial charge in [0.2, 0.25) is 0 Å². The first-order valence-corrected chi connectivity index (χ1v) is 9.70. The number of hydrogen-bond acceptors (Lipinski definition) is 3. The van der Waals surface area contributed by atoms with Gasteiger partial charge in [-0.1, -0.05) is 65.7 Å². The maximum absolute atomic E-state index is 5.67. The fraction of sp³-hybridized carbons (Fsp3) is 0.789. The van der Waals surface area contributed by atoms with Crippen LogP contribution < -0.4 is 9.47 Å². The van der Waals surface area contributed by atoms with Gasteiger partial charge in [-0.15, -0.1) is 11.3 Å². The molecule has 1 heterocycles. The van der Waals surface area contributed by atoms with E-state index >= 15 is 0 Å². The van der Waals surface area contributed by atoms with Crippen molar-refractivity contribution in [3.8, 4) is 11.5 Å². The van der Waals surface area contributed by atoms with Crippen LogP contribution >= 0.6 is 11.3 Å². The van der Waals surface area contributed by atoms with E-state index in [4.69, 9.17) is 9.47 Å². The Bertz CT molecular complexity index is 414. The lowest BCUT2D eigenvalue weighted by molar-refractivity contribution is 0.327. The zero-order valence-corrected chi connectivity index (χ0v) is 16.0. The molecule has 1 aromatic heterocycles. The standard InChI is InChI=1S/C19H34O2S/c1-6-8-10-12-14-19(3,13-11-9-7-2)18-17(21-5)16(20-4)15-22-18/h15H,6-14H2,1-5H3. The Morgan fingerprint density at radius 2 is 1.50 bits per heavy atom. The molecule has 0 saturated heterocycles. The Morgan fingerprint density at radius 1 is 0.909 bits per heavy atom. The van der Waals surface area contributed by atoms with Crippen molar-refractivity contribution in [3.63, 3.8) is 0 Å². The normalized spacial score (nSPS) is 13.9. The Labute approximate surface area is 141 Å². The van der Waals surface area contributed by atoms with Crippen LogP contribution in [-0.2, 0) is 5.41 Å². The van der Waals surface area contributed by atoms with Crippen LogP contribution in [0.1, 0.15) is 83.4 Å². The van der Waals surface area contributed by atoms with Crippen molar-refractivity contribution in [2.24, 2.45) is 0 Å². The van der Waals surface area contributed by atoms with Gasteiger partial charge in [0.05, 0.1) is 19.1 Å². The fourth-order valence-corrected chi connectivity index (χ4v) is 4.35. The third kappa shape index (κ3) is 5.19. The summed E-state index contributed by atoms with van der Waals surface area (Å²) in [6, 6.07) is 0. The highest BCUT2D eigenvalue weighted by atomic mass is 32.1. The quantitative estimate of drug-likeness (QED) is 0.404. The molecule has 22 heavy (non-hydrogen) atoms.